The number of amides is 1. The molecule has 1 aromatic carbocycles. The number of rotatable bonds is 1. The molecule has 1 aliphatic rings. The third-order valence-corrected chi connectivity index (χ3v) is 2.46. The quantitative estimate of drug-likeness (QED) is 0.846. The molecule has 0 radical (unpaired) electrons. The average molecular weight is 264 g/mol. The van der Waals surface area contributed by atoms with E-state index < -0.39 is 24.7 Å². The molecule has 1 fully saturated rings. The molecule has 2 rings (SSSR count). The molecule has 0 saturated carbocycles. The summed E-state index contributed by atoms with van der Waals surface area (Å²) in [6.07, 6.45) is -0.808. The predicted molar refractivity (Wildman–Crippen MR) is 60.6 cm³/mol. The lowest BCUT2D eigenvalue weighted by molar-refractivity contribution is -0.104. The summed E-state index contributed by atoms with van der Waals surface area (Å²) in [5.74, 6) is -3.08. The van der Waals surface area contributed by atoms with Crippen LogP contribution in [0.25, 0.3) is 0 Å². The van der Waals surface area contributed by atoms with Gasteiger partial charge in [-0.05, 0) is 12.5 Å². The molecule has 1 heterocycles. The number of carbonyl (C=O) groups excluding carboxylic acids is 1. The van der Waals surface area contributed by atoms with Gasteiger partial charge < -0.3 is 10.1 Å². The van der Waals surface area contributed by atoms with Gasteiger partial charge in [-0.1, -0.05) is 29.8 Å². The fourth-order valence-corrected chi connectivity index (χ4v) is 1.69. The molecular formula is C11H12ClF2NO2. The fourth-order valence-electron chi connectivity index (χ4n) is 1.69. The van der Waals surface area contributed by atoms with Crippen molar-refractivity contribution < 1.29 is 18.3 Å². The SMILES string of the molecule is Cc1cccc([C@@H]2NC(=O)OCC2(F)F)c1.Cl. The van der Waals surface area contributed by atoms with E-state index in [2.05, 4.69) is 10.1 Å². The molecule has 1 N–H and O–H groups in total. The number of halogens is 3. The third kappa shape index (κ3) is 2.85. The molecule has 0 aliphatic carbocycles. The first-order valence-electron chi connectivity index (χ1n) is 4.87. The molecule has 1 saturated heterocycles. The zero-order valence-electron chi connectivity index (χ0n) is 9.07. The van der Waals surface area contributed by atoms with E-state index in [9.17, 15) is 13.6 Å². The summed E-state index contributed by atoms with van der Waals surface area (Å²) in [5.41, 5.74) is 1.26. The van der Waals surface area contributed by atoms with Crippen LogP contribution in [0.15, 0.2) is 24.3 Å². The van der Waals surface area contributed by atoms with E-state index in [0.717, 1.165) is 5.56 Å². The fraction of sp³-hybridized carbons (Fsp3) is 0.364. The number of benzene rings is 1. The van der Waals surface area contributed by atoms with Gasteiger partial charge in [-0.15, -0.1) is 12.4 Å². The number of cyclic esters (lactones) is 1. The Morgan fingerprint density at radius 2 is 2.18 bits per heavy atom. The molecule has 0 unspecified atom stereocenters. The highest BCUT2D eigenvalue weighted by Crippen LogP contribution is 2.34. The van der Waals surface area contributed by atoms with Gasteiger partial charge in [-0.25, -0.2) is 13.6 Å². The Labute approximate surface area is 104 Å². The lowest BCUT2D eigenvalue weighted by Crippen LogP contribution is -2.49. The van der Waals surface area contributed by atoms with Gasteiger partial charge in [0.1, 0.15) is 6.04 Å². The molecule has 0 spiro atoms. The van der Waals surface area contributed by atoms with Crippen molar-refractivity contribution in [2.45, 2.75) is 18.9 Å². The van der Waals surface area contributed by atoms with Crippen molar-refractivity contribution in [3.8, 4) is 0 Å². The number of hydrogen-bond donors (Lipinski definition) is 1. The second-order valence-corrected chi connectivity index (χ2v) is 3.83. The van der Waals surface area contributed by atoms with Crippen molar-refractivity contribution in [2.24, 2.45) is 0 Å². The Kier molecular flexibility index (Phi) is 3.93. The largest absolute Gasteiger partial charge is 0.443 e. The lowest BCUT2D eigenvalue weighted by Gasteiger charge is -2.31. The number of alkyl halides is 2. The van der Waals surface area contributed by atoms with E-state index in [1.54, 1.807) is 18.2 Å². The molecular weight excluding hydrogens is 252 g/mol. The van der Waals surface area contributed by atoms with Crippen molar-refractivity contribution in [2.75, 3.05) is 6.61 Å². The van der Waals surface area contributed by atoms with Gasteiger partial charge >= 0.3 is 12.0 Å². The van der Waals surface area contributed by atoms with Crippen LogP contribution >= 0.6 is 12.4 Å². The molecule has 1 aromatic rings. The van der Waals surface area contributed by atoms with Crippen molar-refractivity contribution >= 4 is 18.5 Å². The number of aryl methyl sites for hydroxylation is 1. The maximum Gasteiger partial charge on any atom is 0.408 e. The van der Waals surface area contributed by atoms with Crippen LogP contribution in [0, 0.1) is 6.92 Å². The van der Waals surface area contributed by atoms with E-state index in [1.807, 2.05) is 13.0 Å². The Morgan fingerprint density at radius 3 is 2.82 bits per heavy atom. The van der Waals surface area contributed by atoms with Gasteiger partial charge in [0.15, 0.2) is 6.61 Å². The minimum absolute atomic E-state index is 0. The van der Waals surface area contributed by atoms with Crippen LogP contribution < -0.4 is 5.32 Å². The van der Waals surface area contributed by atoms with Gasteiger partial charge in [-0.3, -0.25) is 0 Å². The minimum atomic E-state index is -3.08. The van der Waals surface area contributed by atoms with Gasteiger partial charge in [-0.2, -0.15) is 0 Å². The second-order valence-electron chi connectivity index (χ2n) is 3.83. The molecule has 6 heteroatoms. The van der Waals surface area contributed by atoms with Crippen LogP contribution in [-0.4, -0.2) is 18.6 Å². The Morgan fingerprint density at radius 1 is 1.47 bits per heavy atom. The Hall–Kier alpha value is -1.36. The zero-order valence-corrected chi connectivity index (χ0v) is 9.89. The van der Waals surface area contributed by atoms with E-state index >= 15 is 0 Å². The van der Waals surface area contributed by atoms with E-state index in [-0.39, 0.29) is 12.4 Å². The van der Waals surface area contributed by atoms with Crippen molar-refractivity contribution in [1.82, 2.24) is 5.32 Å². The predicted octanol–water partition coefficient (Wildman–Crippen LogP) is 2.83. The lowest BCUT2D eigenvalue weighted by atomic mass is 9.98. The normalized spacial score (nSPS) is 22.1. The van der Waals surface area contributed by atoms with Gasteiger partial charge in [0.2, 0.25) is 0 Å². The summed E-state index contributed by atoms with van der Waals surface area (Å²) in [5, 5.41) is 2.14. The molecule has 0 bridgehead atoms. The number of alkyl carbamates (subject to hydrolysis) is 1. The maximum absolute atomic E-state index is 13.5. The second kappa shape index (κ2) is 4.87. The summed E-state index contributed by atoms with van der Waals surface area (Å²) in [4.78, 5) is 11.0. The first kappa shape index (κ1) is 13.7. The molecule has 1 aliphatic heterocycles. The number of hydrogen-bond acceptors (Lipinski definition) is 2. The van der Waals surface area contributed by atoms with Crippen molar-refractivity contribution in [3.05, 3.63) is 35.4 Å². The summed E-state index contributed by atoms with van der Waals surface area (Å²) < 4.78 is 31.3. The topological polar surface area (TPSA) is 38.3 Å². The van der Waals surface area contributed by atoms with Crippen LogP contribution in [-0.2, 0) is 4.74 Å². The summed E-state index contributed by atoms with van der Waals surface area (Å²) in [6, 6.07) is 5.38. The minimum Gasteiger partial charge on any atom is -0.443 e. The summed E-state index contributed by atoms with van der Waals surface area (Å²) in [6.45, 7) is 0.931. The third-order valence-electron chi connectivity index (χ3n) is 2.46. The van der Waals surface area contributed by atoms with Crippen LogP contribution in [0.3, 0.4) is 0 Å². The highest BCUT2D eigenvalue weighted by atomic mass is 35.5. The number of nitrogens with one attached hydrogen (secondary N) is 1. The van der Waals surface area contributed by atoms with E-state index in [1.165, 1.54) is 0 Å². The standard InChI is InChI=1S/C11H11F2NO2.ClH/c1-7-3-2-4-8(5-7)9-11(12,13)6-16-10(15)14-9;/h2-5,9H,6H2,1H3,(H,14,15);1H/t9-;/m0./s1. The Balaban J connectivity index is 0.00000144. The smallest absolute Gasteiger partial charge is 0.408 e. The van der Waals surface area contributed by atoms with Crippen LogP contribution in [0.5, 0.6) is 0 Å². The van der Waals surface area contributed by atoms with Crippen LogP contribution in [0.2, 0.25) is 0 Å². The average Bonchev–Trinajstić information content (AvgIpc) is 2.22. The molecule has 0 aromatic heterocycles. The molecule has 1 atom stereocenters. The zero-order chi connectivity index (χ0) is 11.8. The Bertz CT molecular complexity index is 426. The van der Waals surface area contributed by atoms with Gasteiger partial charge in [0.25, 0.3) is 0 Å². The monoisotopic (exact) mass is 263 g/mol. The highest BCUT2D eigenvalue weighted by Gasteiger charge is 2.46. The molecule has 3 nitrogen and oxygen atoms in total. The maximum atomic E-state index is 13.5. The first-order valence-corrected chi connectivity index (χ1v) is 4.87. The van der Waals surface area contributed by atoms with Gasteiger partial charge in [0.05, 0.1) is 0 Å². The molecule has 1 amide bonds. The van der Waals surface area contributed by atoms with Crippen molar-refractivity contribution in [1.29, 1.82) is 0 Å². The number of carbonyl (C=O) groups is 1. The number of ether oxygens (including phenoxy) is 1. The van der Waals surface area contributed by atoms with E-state index in [0.29, 0.717) is 5.56 Å². The summed E-state index contributed by atoms with van der Waals surface area (Å²) >= 11 is 0. The molecule has 94 valence electrons. The van der Waals surface area contributed by atoms with Crippen LogP contribution in [0.4, 0.5) is 13.6 Å². The highest BCUT2D eigenvalue weighted by molar-refractivity contribution is 5.85. The summed E-state index contributed by atoms with van der Waals surface area (Å²) in [7, 11) is 0. The first-order chi connectivity index (χ1) is 7.49. The van der Waals surface area contributed by atoms with Crippen molar-refractivity contribution in [3.63, 3.8) is 0 Å². The van der Waals surface area contributed by atoms with Gasteiger partial charge in [0, 0.05) is 0 Å². The van der Waals surface area contributed by atoms with Crippen LogP contribution in [0.1, 0.15) is 17.2 Å². The molecule has 17 heavy (non-hydrogen) atoms. The van der Waals surface area contributed by atoms with E-state index in [4.69, 9.17) is 0 Å².